The molecule has 0 aromatic carbocycles. The molecule has 0 bridgehead atoms. The second kappa shape index (κ2) is 10.2. The Labute approximate surface area is 159 Å². The first-order chi connectivity index (χ1) is 12.5. The molecule has 0 amide bonds. The van der Waals surface area contributed by atoms with Gasteiger partial charge in [0.15, 0.2) is 11.8 Å². The summed E-state index contributed by atoms with van der Waals surface area (Å²) < 4.78 is 7.04. The second-order valence-electron chi connectivity index (χ2n) is 6.33. The lowest BCUT2D eigenvalue weighted by molar-refractivity contribution is 0.195. The Bertz CT molecular complexity index is 708. The molecule has 0 fully saturated rings. The van der Waals surface area contributed by atoms with Gasteiger partial charge in [0.25, 0.3) is 0 Å². The molecule has 2 aromatic heterocycles. The Kier molecular flexibility index (Phi) is 7.99. The van der Waals surface area contributed by atoms with Crippen LogP contribution in [0.15, 0.2) is 10.4 Å². The van der Waals surface area contributed by atoms with Crippen molar-refractivity contribution in [2.75, 3.05) is 20.3 Å². The second-order valence-corrected chi connectivity index (χ2v) is 7.28. The molecule has 144 valence electrons. The minimum atomic E-state index is 0.444. The number of aliphatic imine (C=N–C) groups is 1. The lowest BCUT2D eigenvalue weighted by Crippen LogP contribution is -2.37. The third kappa shape index (κ3) is 6.06. The van der Waals surface area contributed by atoms with E-state index in [1.807, 2.05) is 18.5 Å². The molecule has 0 aliphatic carbocycles. The third-order valence-corrected chi connectivity index (χ3v) is 4.81. The number of aromatic nitrogens is 4. The zero-order chi connectivity index (χ0) is 18.9. The molecule has 2 heterocycles. The number of nitrogens with zero attached hydrogens (tertiary/aromatic N) is 5. The van der Waals surface area contributed by atoms with Crippen LogP contribution in [0.1, 0.15) is 48.5 Å². The zero-order valence-corrected chi connectivity index (χ0v) is 17.1. The van der Waals surface area contributed by atoms with Crippen molar-refractivity contribution < 1.29 is 4.74 Å². The van der Waals surface area contributed by atoms with Crippen LogP contribution >= 0.6 is 11.3 Å². The Morgan fingerprint density at radius 2 is 2.15 bits per heavy atom. The maximum Gasteiger partial charge on any atom is 0.192 e. The average molecular weight is 380 g/mol. The molecular formula is C17H29N7OS. The van der Waals surface area contributed by atoms with Crippen molar-refractivity contribution in [3.05, 3.63) is 27.7 Å². The van der Waals surface area contributed by atoms with Crippen molar-refractivity contribution in [1.29, 1.82) is 0 Å². The van der Waals surface area contributed by atoms with Crippen LogP contribution in [0.5, 0.6) is 0 Å². The summed E-state index contributed by atoms with van der Waals surface area (Å²) in [6.45, 7) is 8.84. The van der Waals surface area contributed by atoms with Gasteiger partial charge in [0.05, 0.1) is 12.2 Å². The van der Waals surface area contributed by atoms with Crippen LogP contribution in [-0.4, -0.2) is 46.0 Å². The summed E-state index contributed by atoms with van der Waals surface area (Å²) in [5.41, 5.74) is 1.13. The highest BCUT2D eigenvalue weighted by atomic mass is 32.1. The van der Waals surface area contributed by atoms with Crippen molar-refractivity contribution >= 4 is 17.3 Å². The van der Waals surface area contributed by atoms with E-state index in [1.54, 1.807) is 18.4 Å². The molecule has 0 atom stereocenters. The van der Waals surface area contributed by atoms with Crippen molar-refractivity contribution in [3.8, 4) is 0 Å². The van der Waals surface area contributed by atoms with Gasteiger partial charge in [-0.15, -0.1) is 21.5 Å². The van der Waals surface area contributed by atoms with E-state index in [0.717, 1.165) is 41.3 Å². The van der Waals surface area contributed by atoms with Crippen LogP contribution < -0.4 is 10.6 Å². The Hall–Kier alpha value is -2.00. The SMILES string of the molecule is COCCCNC(=NCc1nnc(C)n1C)NCc1nc(C(C)C)cs1. The fourth-order valence-corrected chi connectivity index (χ4v) is 3.06. The molecule has 0 saturated heterocycles. The standard InChI is InChI=1S/C17H29N7OS/c1-12(2)14-11-26-16(21-14)10-20-17(18-7-6-8-25-5)19-9-15-23-22-13(3)24(15)4/h11-12H,6-10H2,1-5H3,(H2,18,19,20). The molecule has 8 nitrogen and oxygen atoms in total. The lowest BCUT2D eigenvalue weighted by atomic mass is 10.2. The van der Waals surface area contributed by atoms with Crippen LogP contribution in [0.4, 0.5) is 0 Å². The van der Waals surface area contributed by atoms with Crippen LogP contribution in [0.3, 0.4) is 0 Å². The molecule has 2 aromatic rings. The van der Waals surface area contributed by atoms with E-state index in [-0.39, 0.29) is 0 Å². The van der Waals surface area contributed by atoms with E-state index in [2.05, 4.69) is 50.0 Å². The molecule has 9 heteroatoms. The number of methoxy groups -OCH3 is 1. The highest BCUT2D eigenvalue weighted by Gasteiger charge is 2.08. The zero-order valence-electron chi connectivity index (χ0n) is 16.2. The van der Waals surface area contributed by atoms with Crippen molar-refractivity contribution in [3.63, 3.8) is 0 Å². The average Bonchev–Trinajstić information content (AvgIpc) is 3.22. The van der Waals surface area contributed by atoms with Crippen LogP contribution in [-0.2, 0) is 24.9 Å². The molecule has 0 aliphatic rings. The van der Waals surface area contributed by atoms with Gasteiger partial charge in [-0.05, 0) is 19.3 Å². The van der Waals surface area contributed by atoms with Gasteiger partial charge in [0, 0.05) is 32.7 Å². The Morgan fingerprint density at radius 1 is 1.35 bits per heavy atom. The lowest BCUT2D eigenvalue weighted by Gasteiger charge is -2.11. The summed E-state index contributed by atoms with van der Waals surface area (Å²) in [6, 6.07) is 0. The largest absolute Gasteiger partial charge is 0.385 e. The van der Waals surface area contributed by atoms with E-state index >= 15 is 0 Å². The number of hydrogen-bond acceptors (Lipinski definition) is 6. The van der Waals surface area contributed by atoms with Crippen LogP contribution in [0.2, 0.25) is 0 Å². The van der Waals surface area contributed by atoms with E-state index in [4.69, 9.17) is 4.74 Å². The first-order valence-electron chi connectivity index (χ1n) is 8.81. The van der Waals surface area contributed by atoms with Gasteiger partial charge in [-0.3, -0.25) is 0 Å². The topological polar surface area (TPSA) is 89.2 Å². The number of hydrogen-bond donors (Lipinski definition) is 2. The van der Waals surface area contributed by atoms with Crippen LogP contribution in [0.25, 0.3) is 0 Å². The number of thiazole rings is 1. The van der Waals surface area contributed by atoms with Gasteiger partial charge >= 0.3 is 0 Å². The first-order valence-corrected chi connectivity index (χ1v) is 9.69. The maximum absolute atomic E-state index is 5.10. The Morgan fingerprint density at radius 3 is 2.77 bits per heavy atom. The predicted octanol–water partition coefficient (Wildman–Crippen LogP) is 1.98. The minimum Gasteiger partial charge on any atom is -0.385 e. The van der Waals surface area contributed by atoms with E-state index in [9.17, 15) is 0 Å². The van der Waals surface area contributed by atoms with Crippen molar-refractivity contribution in [2.45, 2.75) is 46.2 Å². The summed E-state index contributed by atoms with van der Waals surface area (Å²) in [4.78, 5) is 9.28. The molecule has 2 N–H and O–H groups in total. The van der Waals surface area contributed by atoms with Gasteiger partial charge < -0.3 is 19.9 Å². The maximum atomic E-state index is 5.10. The molecular weight excluding hydrogens is 350 g/mol. The molecule has 0 radical (unpaired) electrons. The summed E-state index contributed by atoms with van der Waals surface area (Å²) >= 11 is 1.67. The predicted molar refractivity (Wildman–Crippen MR) is 104 cm³/mol. The molecule has 2 rings (SSSR count). The Balaban J connectivity index is 1.97. The van der Waals surface area contributed by atoms with E-state index in [0.29, 0.717) is 25.6 Å². The monoisotopic (exact) mass is 379 g/mol. The van der Waals surface area contributed by atoms with Gasteiger partial charge in [0.2, 0.25) is 0 Å². The molecule has 0 aliphatic heterocycles. The number of rotatable bonds is 9. The van der Waals surface area contributed by atoms with Gasteiger partial charge in [-0.25, -0.2) is 9.98 Å². The molecule has 26 heavy (non-hydrogen) atoms. The number of nitrogens with one attached hydrogen (secondary N) is 2. The minimum absolute atomic E-state index is 0.444. The summed E-state index contributed by atoms with van der Waals surface area (Å²) in [6.07, 6.45) is 0.912. The number of aryl methyl sites for hydroxylation is 1. The quantitative estimate of drug-likeness (QED) is 0.393. The fourth-order valence-electron chi connectivity index (χ4n) is 2.17. The number of ether oxygens (including phenoxy) is 1. The normalized spacial score (nSPS) is 12.0. The first kappa shape index (κ1) is 20.3. The molecule has 0 saturated carbocycles. The smallest absolute Gasteiger partial charge is 0.192 e. The fraction of sp³-hybridized carbons (Fsp3) is 0.647. The number of guanidine groups is 1. The van der Waals surface area contributed by atoms with Crippen molar-refractivity contribution in [2.24, 2.45) is 12.0 Å². The molecule has 0 unspecified atom stereocenters. The summed E-state index contributed by atoms with van der Waals surface area (Å²) in [7, 11) is 3.65. The van der Waals surface area contributed by atoms with Gasteiger partial charge in [-0.2, -0.15) is 0 Å². The van der Waals surface area contributed by atoms with Gasteiger partial charge in [0.1, 0.15) is 17.4 Å². The highest BCUT2D eigenvalue weighted by Crippen LogP contribution is 2.17. The van der Waals surface area contributed by atoms with E-state index in [1.165, 1.54) is 0 Å². The highest BCUT2D eigenvalue weighted by molar-refractivity contribution is 7.09. The van der Waals surface area contributed by atoms with E-state index < -0.39 is 0 Å². The van der Waals surface area contributed by atoms with Gasteiger partial charge in [-0.1, -0.05) is 13.8 Å². The molecule has 0 spiro atoms. The summed E-state index contributed by atoms with van der Waals surface area (Å²) in [5, 5.41) is 18.1. The summed E-state index contributed by atoms with van der Waals surface area (Å²) in [5.74, 6) is 2.89. The van der Waals surface area contributed by atoms with Crippen LogP contribution in [0, 0.1) is 6.92 Å². The van der Waals surface area contributed by atoms with Crippen molar-refractivity contribution in [1.82, 2.24) is 30.4 Å². The third-order valence-electron chi connectivity index (χ3n) is 3.95.